The van der Waals surface area contributed by atoms with Gasteiger partial charge in [0.25, 0.3) is 0 Å². The smallest absolute Gasteiger partial charge is 0.240 e. The molecule has 1 aromatic rings. The van der Waals surface area contributed by atoms with Crippen molar-refractivity contribution in [2.45, 2.75) is 32.2 Å². The molecule has 112 valence electrons. The normalized spacial score (nSPS) is 19.6. The highest BCUT2D eigenvalue weighted by Gasteiger charge is 2.21. The van der Waals surface area contributed by atoms with Gasteiger partial charge in [-0.1, -0.05) is 6.42 Å². The van der Waals surface area contributed by atoms with Gasteiger partial charge in [0.15, 0.2) is 0 Å². The Bertz CT molecular complexity index is 556. The van der Waals surface area contributed by atoms with Crippen LogP contribution >= 0.6 is 0 Å². The average Bonchev–Trinajstić information content (AvgIpc) is 2.37. The van der Waals surface area contributed by atoms with Gasteiger partial charge in [-0.05, 0) is 26.3 Å². The Kier molecular flexibility index (Phi) is 4.77. The molecule has 0 aromatic carbocycles. The van der Waals surface area contributed by atoms with Crippen LogP contribution in [0, 0.1) is 6.92 Å². The average molecular weight is 300 g/mol. The molecule has 2 heterocycles. The van der Waals surface area contributed by atoms with E-state index in [0.717, 1.165) is 25.8 Å². The van der Waals surface area contributed by atoms with Gasteiger partial charge in [0.2, 0.25) is 21.9 Å². The highest BCUT2D eigenvalue weighted by Crippen LogP contribution is 2.14. The number of hydrogen-bond donors (Lipinski definition) is 2. The Morgan fingerprint density at radius 2 is 2.25 bits per heavy atom. The maximum absolute atomic E-state index is 12.1. The van der Waals surface area contributed by atoms with Crippen molar-refractivity contribution in [1.29, 1.82) is 0 Å². The first kappa shape index (κ1) is 15.0. The highest BCUT2D eigenvalue weighted by molar-refractivity contribution is 7.92. The Morgan fingerprint density at radius 1 is 1.45 bits per heavy atom. The van der Waals surface area contributed by atoms with Crippen LogP contribution < -0.4 is 14.8 Å². The molecule has 1 aliphatic heterocycles. The number of rotatable bonds is 5. The maximum Gasteiger partial charge on any atom is 0.240 e. The number of methoxy groups -OCH3 is 1. The zero-order valence-electron chi connectivity index (χ0n) is 11.7. The van der Waals surface area contributed by atoms with Crippen molar-refractivity contribution in [3.8, 4) is 5.88 Å². The summed E-state index contributed by atoms with van der Waals surface area (Å²) in [7, 11) is -1.99. The molecule has 8 heteroatoms. The van der Waals surface area contributed by atoms with Gasteiger partial charge in [0, 0.05) is 17.8 Å². The molecule has 1 atom stereocenters. The summed E-state index contributed by atoms with van der Waals surface area (Å²) in [5.74, 6) is 0.427. The van der Waals surface area contributed by atoms with Crippen molar-refractivity contribution < 1.29 is 13.2 Å². The van der Waals surface area contributed by atoms with Gasteiger partial charge in [-0.2, -0.15) is 4.98 Å². The van der Waals surface area contributed by atoms with E-state index in [-0.39, 0.29) is 17.7 Å². The topological polar surface area (TPSA) is 93.2 Å². The predicted octanol–water partition coefficient (Wildman–Crippen LogP) is 0.677. The van der Waals surface area contributed by atoms with Crippen molar-refractivity contribution in [3.63, 3.8) is 0 Å². The quantitative estimate of drug-likeness (QED) is 0.830. The molecular weight excluding hydrogens is 280 g/mol. The number of piperidine rings is 1. The second-order valence-electron chi connectivity index (χ2n) is 4.91. The molecule has 7 nitrogen and oxygen atoms in total. The molecule has 20 heavy (non-hydrogen) atoms. The van der Waals surface area contributed by atoms with Crippen LogP contribution in [-0.4, -0.2) is 43.8 Å². The Morgan fingerprint density at radius 3 is 2.90 bits per heavy atom. The van der Waals surface area contributed by atoms with Crippen molar-refractivity contribution in [3.05, 3.63) is 11.8 Å². The standard InChI is InChI=1S/C12H20N4O3S/c1-9-7-11(19-2)15-12(14-9)16-20(17,18)8-10-5-3-4-6-13-10/h7,10,13H,3-6,8H2,1-2H3,(H,14,15,16). The van der Waals surface area contributed by atoms with Crippen molar-refractivity contribution in [1.82, 2.24) is 15.3 Å². The van der Waals surface area contributed by atoms with Crippen LogP contribution in [0.2, 0.25) is 0 Å². The van der Waals surface area contributed by atoms with E-state index in [9.17, 15) is 8.42 Å². The Balaban J connectivity index is 2.05. The molecule has 1 aromatic heterocycles. The van der Waals surface area contributed by atoms with Gasteiger partial charge in [-0.25, -0.2) is 13.4 Å². The Labute approximate surface area is 119 Å². The van der Waals surface area contributed by atoms with Crippen LogP contribution in [0.4, 0.5) is 5.95 Å². The van der Waals surface area contributed by atoms with Crippen molar-refractivity contribution in [2.24, 2.45) is 0 Å². The minimum absolute atomic E-state index is 0.00652. The fourth-order valence-electron chi connectivity index (χ4n) is 2.20. The summed E-state index contributed by atoms with van der Waals surface area (Å²) >= 11 is 0. The van der Waals surface area contributed by atoms with E-state index < -0.39 is 10.0 Å². The second-order valence-corrected chi connectivity index (χ2v) is 6.67. The zero-order chi connectivity index (χ0) is 14.6. The highest BCUT2D eigenvalue weighted by atomic mass is 32.2. The van der Waals surface area contributed by atoms with Crippen LogP contribution in [0.1, 0.15) is 25.0 Å². The fraction of sp³-hybridized carbons (Fsp3) is 0.667. The van der Waals surface area contributed by atoms with Crippen molar-refractivity contribution >= 4 is 16.0 Å². The lowest BCUT2D eigenvalue weighted by Crippen LogP contribution is -2.40. The first-order valence-electron chi connectivity index (χ1n) is 6.62. The monoisotopic (exact) mass is 300 g/mol. The third kappa shape index (κ3) is 4.31. The second kappa shape index (κ2) is 6.36. The molecule has 0 amide bonds. The SMILES string of the molecule is COc1cc(C)nc(NS(=O)(=O)CC2CCCCN2)n1. The predicted molar refractivity (Wildman–Crippen MR) is 76.4 cm³/mol. The lowest BCUT2D eigenvalue weighted by Gasteiger charge is -2.23. The zero-order valence-corrected chi connectivity index (χ0v) is 12.5. The van der Waals surface area contributed by atoms with Crippen molar-refractivity contribution in [2.75, 3.05) is 24.1 Å². The number of nitrogens with one attached hydrogen (secondary N) is 2. The van der Waals surface area contributed by atoms with Gasteiger partial charge in [-0.3, -0.25) is 4.72 Å². The largest absolute Gasteiger partial charge is 0.481 e. The minimum atomic E-state index is -3.47. The summed E-state index contributed by atoms with van der Waals surface area (Å²) < 4.78 is 31.6. The molecule has 1 fully saturated rings. The molecule has 2 rings (SSSR count). The van der Waals surface area contributed by atoms with Gasteiger partial charge >= 0.3 is 0 Å². The molecule has 2 N–H and O–H groups in total. The summed E-state index contributed by atoms with van der Waals surface area (Å²) in [6.45, 7) is 2.62. The third-order valence-electron chi connectivity index (χ3n) is 3.12. The van der Waals surface area contributed by atoms with E-state index in [2.05, 4.69) is 20.0 Å². The number of hydrogen-bond acceptors (Lipinski definition) is 6. The number of aromatic nitrogens is 2. The molecule has 0 bridgehead atoms. The number of sulfonamides is 1. The maximum atomic E-state index is 12.1. The van der Waals surface area contributed by atoms with E-state index in [1.165, 1.54) is 7.11 Å². The summed E-state index contributed by atoms with van der Waals surface area (Å²) in [5.41, 5.74) is 0.644. The van der Waals surface area contributed by atoms with Crippen LogP contribution in [0.15, 0.2) is 6.07 Å². The van der Waals surface area contributed by atoms with E-state index in [4.69, 9.17) is 4.74 Å². The van der Waals surface area contributed by atoms with Gasteiger partial charge in [-0.15, -0.1) is 0 Å². The first-order valence-corrected chi connectivity index (χ1v) is 8.27. The lowest BCUT2D eigenvalue weighted by molar-refractivity contribution is 0.397. The number of ether oxygens (including phenoxy) is 1. The number of aryl methyl sites for hydroxylation is 1. The Hall–Kier alpha value is -1.41. The summed E-state index contributed by atoms with van der Waals surface area (Å²) in [5, 5.41) is 3.21. The lowest BCUT2D eigenvalue weighted by atomic mass is 10.1. The van der Waals surface area contributed by atoms with Gasteiger partial charge in [0.1, 0.15) is 0 Å². The summed E-state index contributed by atoms with van der Waals surface area (Å²) in [4.78, 5) is 8.04. The molecule has 1 aliphatic rings. The molecule has 1 saturated heterocycles. The molecular formula is C12H20N4O3S. The van der Waals surface area contributed by atoms with E-state index in [0.29, 0.717) is 11.6 Å². The number of anilines is 1. The first-order chi connectivity index (χ1) is 9.48. The van der Waals surface area contributed by atoms with E-state index >= 15 is 0 Å². The van der Waals surface area contributed by atoms with Gasteiger partial charge < -0.3 is 10.1 Å². The third-order valence-corrected chi connectivity index (χ3v) is 4.45. The van der Waals surface area contributed by atoms with Gasteiger partial charge in [0.05, 0.1) is 12.9 Å². The summed E-state index contributed by atoms with van der Waals surface area (Å²) in [6.07, 6.45) is 3.03. The van der Waals surface area contributed by atoms with Crippen LogP contribution in [0.5, 0.6) is 5.88 Å². The number of nitrogens with zero attached hydrogens (tertiary/aromatic N) is 2. The molecule has 0 spiro atoms. The van der Waals surface area contributed by atoms with Crippen LogP contribution in [0.3, 0.4) is 0 Å². The molecule has 0 saturated carbocycles. The fourth-order valence-corrected chi connectivity index (χ4v) is 3.47. The van der Waals surface area contributed by atoms with Crippen LogP contribution in [-0.2, 0) is 10.0 Å². The summed E-state index contributed by atoms with van der Waals surface area (Å²) in [6, 6.07) is 1.63. The van der Waals surface area contributed by atoms with E-state index in [1.807, 2.05) is 0 Å². The molecule has 0 aliphatic carbocycles. The molecule has 0 radical (unpaired) electrons. The van der Waals surface area contributed by atoms with Crippen LogP contribution in [0.25, 0.3) is 0 Å². The van der Waals surface area contributed by atoms with E-state index in [1.54, 1.807) is 13.0 Å². The minimum Gasteiger partial charge on any atom is -0.481 e. The molecule has 1 unspecified atom stereocenters.